The molecule has 1 amide bonds. The van der Waals surface area contributed by atoms with Gasteiger partial charge in [0.15, 0.2) is 6.17 Å². The Bertz CT molecular complexity index is 603. The molecule has 0 saturated carbocycles. The van der Waals surface area contributed by atoms with E-state index in [1.165, 1.54) is 95.5 Å². The van der Waals surface area contributed by atoms with Gasteiger partial charge in [-0.3, -0.25) is 4.79 Å². The molecule has 0 saturated heterocycles. The van der Waals surface area contributed by atoms with E-state index in [0.717, 1.165) is 30.5 Å². The monoisotopic (exact) mass is 508 g/mol. The van der Waals surface area contributed by atoms with Gasteiger partial charge in [-0.25, -0.2) is 0 Å². The van der Waals surface area contributed by atoms with Crippen LogP contribution in [0.5, 0.6) is 0 Å². The zero-order valence-corrected chi connectivity index (χ0v) is 24.4. The number of carbonyl (C=O) groups is 1. The van der Waals surface area contributed by atoms with Crippen molar-refractivity contribution in [2.24, 2.45) is 0 Å². The van der Waals surface area contributed by atoms with Crippen LogP contribution in [0.1, 0.15) is 136 Å². The first kappa shape index (κ1) is 33.9. The summed E-state index contributed by atoms with van der Waals surface area (Å²) >= 11 is 0. The van der Waals surface area contributed by atoms with Crippen molar-refractivity contribution in [3.05, 3.63) is 35.9 Å². The molecule has 35 heavy (non-hydrogen) atoms. The standard InChI is InChI=1S/C31H56N2O.ClH/c1-5-8-9-10-11-12-13-14-15-16-17-18-19-20-24-27-31(34)32-29(4)33(6-2,7-3)28-30-25-22-21-23-26-30;/h21-23,25-26,29H,5-20,24,27-28H2,1-4H3;1H. The first-order valence-corrected chi connectivity index (χ1v) is 14.8. The summed E-state index contributed by atoms with van der Waals surface area (Å²) in [5.41, 5.74) is 1.34. The van der Waals surface area contributed by atoms with Crippen molar-refractivity contribution in [1.82, 2.24) is 5.32 Å². The number of quaternary nitrogens is 1. The minimum Gasteiger partial charge on any atom is -1.00 e. The van der Waals surface area contributed by atoms with Crippen LogP contribution in [0.4, 0.5) is 0 Å². The van der Waals surface area contributed by atoms with Crippen LogP contribution in [0, 0.1) is 0 Å². The van der Waals surface area contributed by atoms with Crippen LogP contribution in [-0.4, -0.2) is 29.6 Å². The van der Waals surface area contributed by atoms with Gasteiger partial charge in [0.05, 0.1) is 13.1 Å². The lowest BCUT2D eigenvalue weighted by Crippen LogP contribution is -3.00. The van der Waals surface area contributed by atoms with Gasteiger partial charge >= 0.3 is 0 Å². The maximum atomic E-state index is 12.6. The predicted molar refractivity (Wildman–Crippen MR) is 149 cm³/mol. The Kier molecular flexibility index (Phi) is 21.5. The Morgan fingerprint density at radius 3 is 1.57 bits per heavy atom. The zero-order chi connectivity index (χ0) is 24.9. The molecule has 1 aromatic carbocycles. The molecule has 1 rings (SSSR count). The van der Waals surface area contributed by atoms with E-state index < -0.39 is 0 Å². The number of hydrogen-bond donors (Lipinski definition) is 1. The summed E-state index contributed by atoms with van der Waals surface area (Å²) in [6.07, 6.45) is 21.2. The molecular formula is C31H57ClN2O. The van der Waals surface area contributed by atoms with Crippen molar-refractivity contribution in [2.45, 2.75) is 143 Å². The lowest BCUT2D eigenvalue weighted by Gasteiger charge is -2.42. The second-order valence-corrected chi connectivity index (χ2v) is 10.4. The van der Waals surface area contributed by atoms with Crippen molar-refractivity contribution in [3.63, 3.8) is 0 Å². The molecule has 0 heterocycles. The van der Waals surface area contributed by atoms with Gasteiger partial charge in [-0.2, -0.15) is 0 Å². The second kappa shape index (κ2) is 22.2. The van der Waals surface area contributed by atoms with E-state index in [2.05, 4.69) is 63.3 Å². The first-order chi connectivity index (χ1) is 16.6. The van der Waals surface area contributed by atoms with Crippen molar-refractivity contribution in [1.29, 1.82) is 0 Å². The van der Waals surface area contributed by atoms with Gasteiger partial charge in [-0.15, -0.1) is 0 Å². The van der Waals surface area contributed by atoms with Gasteiger partial charge in [0.1, 0.15) is 6.54 Å². The van der Waals surface area contributed by atoms with Gasteiger partial charge in [0, 0.05) is 18.9 Å². The van der Waals surface area contributed by atoms with Gasteiger partial charge in [-0.1, -0.05) is 127 Å². The van der Waals surface area contributed by atoms with Crippen LogP contribution in [-0.2, 0) is 11.3 Å². The number of amides is 1. The van der Waals surface area contributed by atoms with E-state index >= 15 is 0 Å². The number of carbonyl (C=O) groups excluding carboxylic acids is 1. The lowest BCUT2D eigenvalue weighted by atomic mass is 10.0. The minimum absolute atomic E-state index is 0. The molecule has 0 aliphatic rings. The summed E-state index contributed by atoms with van der Waals surface area (Å²) in [4.78, 5) is 12.6. The van der Waals surface area contributed by atoms with E-state index in [4.69, 9.17) is 0 Å². The Morgan fingerprint density at radius 2 is 1.14 bits per heavy atom. The fraction of sp³-hybridized carbons (Fsp3) is 0.774. The predicted octanol–water partition coefficient (Wildman–Crippen LogP) is 5.77. The molecule has 0 aliphatic heterocycles. The van der Waals surface area contributed by atoms with Crippen LogP contribution in [0.2, 0.25) is 0 Å². The smallest absolute Gasteiger partial charge is 0.224 e. The summed E-state index contributed by atoms with van der Waals surface area (Å²) in [5.74, 6) is 0.222. The summed E-state index contributed by atoms with van der Waals surface area (Å²) < 4.78 is 0.897. The van der Waals surface area contributed by atoms with Gasteiger partial charge in [0.2, 0.25) is 5.91 Å². The molecule has 1 atom stereocenters. The minimum atomic E-state index is 0. The molecule has 204 valence electrons. The second-order valence-electron chi connectivity index (χ2n) is 10.4. The molecule has 0 radical (unpaired) electrons. The molecular weight excluding hydrogens is 452 g/mol. The molecule has 0 aromatic heterocycles. The number of halogens is 1. The number of benzene rings is 1. The number of nitrogens with one attached hydrogen (secondary N) is 1. The Morgan fingerprint density at radius 1 is 0.714 bits per heavy atom. The third-order valence-corrected chi connectivity index (χ3v) is 7.80. The fourth-order valence-corrected chi connectivity index (χ4v) is 5.18. The Balaban J connectivity index is 0.0000116. The van der Waals surface area contributed by atoms with E-state index in [9.17, 15) is 4.79 Å². The molecule has 3 nitrogen and oxygen atoms in total. The Hall–Kier alpha value is -1.06. The van der Waals surface area contributed by atoms with Crippen LogP contribution in [0.3, 0.4) is 0 Å². The highest BCUT2D eigenvalue weighted by atomic mass is 35.5. The normalized spacial score (nSPS) is 12.2. The zero-order valence-electron chi connectivity index (χ0n) is 23.6. The van der Waals surface area contributed by atoms with Crippen molar-refractivity contribution < 1.29 is 21.7 Å². The molecule has 0 bridgehead atoms. The van der Waals surface area contributed by atoms with Crippen LogP contribution < -0.4 is 17.7 Å². The molecule has 0 spiro atoms. The van der Waals surface area contributed by atoms with Gasteiger partial charge in [0.25, 0.3) is 0 Å². The molecule has 1 aromatic rings. The SMILES string of the molecule is CCCCCCCCCCCCCCCCCC(=O)NC(C)[N+](CC)(CC)Cc1ccccc1.[Cl-]. The van der Waals surface area contributed by atoms with Crippen LogP contribution in [0.25, 0.3) is 0 Å². The largest absolute Gasteiger partial charge is 1.00 e. The van der Waals surface area contributed by atoms with Gasteiger partial charge in [-0.05, 0) is 20.3 Å². The lowest BCUT2D eigenvalue weighted by molar-refractivity contribution is -0.961. The fourth-order valence-electron chi connectivity index (χ4n) is 5.18. The highest BCUT2D eigenvalue weighted by molar-refractivity contribution is 5.75. The first-order valence-electron chi connectivity index (χ1n) is 14.8. The highest BCUT2D eigenvalue weighted by Gasteiger charge is 2.31. The van der Waals surface area contributed by atoms with Crippen molar-refractivity contribution in [2.75, 3.05) is 13.1 Å². The quantitative estimate of drug-likeness (QED) is 0.120. The summed E-state index contributed by atoms with van der Waals surface area (Å²) in [6, 6.07) is 10.7. The number of hydrogen-bond acceptors (Lipinski definition) is 1. The molecule has 4 heteroatoms. The average molecular weight is 509 g/mol. The number of rotatable bonds is 22. The average Bonchev–Trinajstić information content (AvgIpc) is 2.85. The number of unbranched alkanes of at least 4 members (excludes halogenated alkanes) is 14. The van der Waals surface area contributed by atoms with Crippen LogP contribution in [0.15, 0.2) is 30.3 Å². The maximum Gasteiger partial charge on any atom is 0.224 e. The number of nitrogens with zero attached hydrogens (tertiary/aromatic N) is 1. The van der Waals surface area contributed by atoms with E-state index in [-0.39, 0.29) is 24.5 Å². The highest BCUT2D eigenvalue weighted by Crippen LogP contribution is 2.19. The van der Waals surface area contributed by atoms with E-state index in [1.807, 2.05) is 0 Å². The third kappa shape index (κ3) is 15.6. The summed E-state index contributed by atoms with van der Waals surface area (Å²) in [5, 5.41) is 3.33. The van der Waals surface area contributed by atoms with Crippen LogP contribution >= 0.6 is 0 Å². The molecule has 0 aliphatic carbocycles. The molecule has 0 fully saturated rings. The maximum absolute atomic E-state index is 12.6. The topological polar surface area (TPSA) is 29.1 Å². The van der Waals surface area contributed by atoms with E-state index in [0.29, 0.717) is 6.42 Å². The molecule has 1 N–H and O–H groups in total. The van der Waals surface area contributed by atoms with Gasteiger partial charge < -0.3 is 22.2 Å². The molecule has 1 unspecified atom stereocenters. The van der Waals surface area contributed by atoms with E-state index in [1.54, 1.807) is 0 Å². The van der Waals surface area contributed by atoms with Crippen molar-refractivity contribution >= 4 is 5.91 Å². The summed E-state index contributed by atoms with van der Waals surface area (Å²) in [6.45, 7) is 12.0. The van der Waals surface area contributed by atoms with Crippen molar-refractivity contribution in [3.8, 4) is 0 Å². The Labute approximate surface area is 224 Å². The summed E-state index contributed by atoms with van der Waals surface area (Å²) in [7, 11) is 0. The third-order valence-electron chi connectivity index (χ3n) is 7.80.